The first-order chi connectivity index (χ1) is 14.2. The standard InChI is InChI=1S/C23H28FN3O3/c1-23(2,3)26-13-11-25(12-14-26)22(30)27(19-7-5-4-6-8-19)16-18-10-9-17(21(28)29)15-20(18)24/h4-10,15H,11-14,16H2,1-3H3,(H,28,29). The molecule has 0 bridgehead atoms. The average Bonchev–Trinajstić information content (AvgIpc) is 2.72. The van der Waals surface area contributed by atoms with Crippen LogP contribution in [0.2, 0.25) is 0 Å². The second-order valence-corrected chi connectivity index (χ2v) is 8.46. The average molecular weight is 413 g/mol. The van der Waals surface area contributed by atoms with Crippen molar-refractivity contribution in [2.24, 2.45) is 0 Å². The predicted octanol–water partition coefficient (Wildman–Crippen LogP) is 4.07. The molecule has 0 aliphatic carbocycles. The van der Waals surface area contributed by atoms with E-state index in [9.17, 15) is 14.0 Å². The summed E-state index contributed by atoms with van der Waals surface area (Å²) in [6, 6.07) is 12.7. The van der Waals surface area contributed by atoms with E-state index in [4.69, 9.17) is 5.11 Å². The Labute approximate surface area is 176 Å². The van der Waals surface area contributed by atoms with Crippen molar-refractivity contribution < 1.29 is 19.1 Å². The SMILES string of the molecule is CC(C)(C)N1CCN(C(=O)N(Cc2ccc(C(=O)O)cc2F)c2ccccc2)CC1. The molecule has 1 N–H and O–H groups in total. The van der Waals surface area contributed by atoms with Crippen LogP contribution >= 0.6 is 0 Å². The molecule has 160 valence electrons. The van der Waals surface area contributed by atoms with Crippen molar-refractivity contribution in [1.29, 1.82) is 0 Å². The van der Waals surface area contributed by atoms with Crippen LogP contribution in [-0.4, -0.2) is 58.6 Å². The third-order valence-electron chi connectivity index (χ3n) is 5.43. The van der Waals surface area contributed by atoms with Crippen LogP contribution in [0.3, 0.4) is 0 Å². The van der Waals surface area contributed by atoms with E-state index in [0.29, 0.717) is 18.8 Å². The molecular formula is C23H28FN3O3. The van der Waals surface area contributed by atoms with Crippen LogP contribution in [0, 0.1) is 5.82 Å². The molecule has 1 heterocycles. The van der Waals surface area contributed by atoms with Gasteiger partial charge in [-0.25, -0.2) is 14.0 Å². The highest BCUT2D eigenvalue weighted by molar-refractivity contribution is 5.92. The number of carbonyl (C=O) groups excluding carboxylic acids is 1. The van der Waals surface area contributed by atoms with Gasteiger partial charge in [0.25, 0.3) is 0 Å². The van der Waals surface area contributed by atoms with Gasteiger partial charge in [0.1, 0.15) is 5.82 Å². The lowest BCUT2D eigenvalue weighted by Crippen LogP contribution is -2.57. The van der Waals surface area contributed by atoms with E-state index in [2.05, 4.69) is 25.7 Å². The van der Waals surface area contributed by atoms with Gasteiger partial charge in [0.15, 0.2) is 0 Å². The van der Waals surface area contributed by atoms with Gasteiger partial charge in [0.2, 0.25) is 0 Å². The number of benzene rings is 2. The Morgan fingerprint density at radius 3 is 2.20 bits per heavy atom. The summed E-state index contributed by atoms with van der Waals surface area (Å²) in [6.07, 6.45) is 0. The Morgan fingerprint density at radius 2 is 1.67 bits per heavy atom. The predicted molar refractivity (Wildman–Crippen MR) is 114 cm³/mol. The first-order valence-electron chi connectivity index (χ1n) is 10.0. The number of hydrogen-bond donors (Lipinski definition) is 1. The van der Waals surface area contributed by atoms with Crippen molar-refractivity contribution in [3.8, 4) is 0 Å². The van der Waals surface area contributed by atoms with Gasteiger partial charge < -0.3 is 10.0 Å². The molecule has 30 heavy (non-hydrogen) atoms. The maximum Gasteiger partial charge on any atom is 0.335 e. The molecule has 0 radical (unpaired) electrons. The number of aromatic carboxylic acids is 1. The van der Waals surface area contributed by atoms with Crippen molar-refractivity contribution in [2.75, 3.05) is 31.1 Å². The third kappa shape index (κ3) is 4.97. The maximum absolute atomic E-state index is 14.6. The Bertz CT molecular complexity index is 904. The molecule has 0 spiro atoms. The lowest BCUT2D eigenvalue weighted by Gasteiger charge is -2.43. The molecule has 2 aromatic carbocycles. The number of rotatable bonds is 4. The van der Waals surface area contributed by atoms with E-state index in [0.717, 1.165) is 19.2 Å². The fourth-order valence-corrected chi connectivity index (χ4v) is 3.60. The smallest absolute Gasteiger partial charge is 0.335 e. The normalized spacial score (nSPS) is 15.1. The van der Waals surface area contributed by atoms with Crippen molar-refractivity contribution in [2.45, 2.75) is 32.9 Å². The molecule has 7 heteroatoms. The molecule has 3 rings (SSSR count). The molecule has 1 saturated heterocycles. The Kier molecular flexibility index (Phi) is 6.41. The molecule has 0 aromatic heterocycles. The molecule has 1 aliphatic rings. The van der Waals surface area contributed by atoms with E-state index < -0.39 is 11.8 Å². The summed E-state index contributed by atoms with van der Waals surface area (Å²) in [5, 5.41) is 9.06. The number of hydrogen-bond acceptors (Lipinski definition) is 3. The molecular weight excluding hydrogens is 385 g/mol. The molecule has 1 aliphatic heterocycles. The highest BCUT2D eigenvalue weighted by Crippen LogP contribution is 2.23. The number of carbonyl (C=O) groups is 2. The van der Waals surface area contributed by atoms with Crippen molar-refractivity contribution in [3.05, 3.63) is 65.5 Å². The zero-order chi connectivity index (χ0) is 21.9. The Balaban J connectivity index is 1.82. The molecule has 0 unspecified atom stereocenters. The first-order valence-corrected chi connectivity index (χ1v) is 10.0. The lowest BCUT2D eigenvalue weighted by molar-refractivity contribution is 0.0696. The molecule has 2 amide bonds. The second kappa shape index (κ2) is 8.83. The summed E-state index contributed by atoms with van der Waals surface area (Å²) in [6.45, 7) is 9.24. The van der Waals surface area contributed by atoms with E-state index in [-0.39, 0.29) is 29.2 Å². The minimum atomic E-state index is -1.19. The van der Waals surface area contributed by atoms with E-state index in [1.54, 1.807) is 9.80 Å². The molecule has 6 nitrogen and oxygen atoms in total. The zero-order valence-electron chi connectivity index (χ0n) is 17.6. The summed E-state index contributed by atoms with van der Waals surface area (Å²) in [4.78, 5) is 30.1. The van der Waals surface area contributed by atoms with Crippen molar-refractivity contribution >= 4 is 17.7 Å². The van der Waals surface area contributed by atoms with E-state index in [1.807, 2.05) is 30.3 Å². The summed E-state index contributed by atoms with van der Waals surface area (Å²) in [7, 11) is 0. The van der Waals surface area contributed by atoms with Crippen LogP contribution in [-0.2, 0) is 6.54 Å². The molecule has 0 atom stereocenters. The third-order valence-corrected chi connectivity index (χ3v) is 5.43. The number of nitrogens with zero attached hydrogens (tertiary/aromatic N) is 3. The Morgan fingerprint density at radius 1 is 1.03 bits per heavy atom. The zero-order valence-corrected chi connectivity index (χ0v) is 17.6. The fourth-order valence-electron chi connectivity index (χ4n) is 3.60. The number of carboxylic acids is 1. The van der Waals surface area contributed by atoms with Crippen LogP contribution in [0.1, 0.15) is 36.7 Å². The van der Waals surface area contributed by atoms with E-state index in [1.165, 1.54) is 12.1 Å². The highest BCUT2D eigenvalue weighted by Gasteiger charge is 2.30. The first kappa shape index (κ1) is 21.8. The van der Waals surface area contributed by atoms with Crippen molar-refractivity contribution in [3.63, 3.8) is 0 Å². The Hall–Kier alpha value is -2.93. The van der Waals surface area contributed by atoms with Gasteiger partial charge >= 0.3 is 12.0 Å². The minimum absolute atomic E-state index is 0.0219. The van der Waals surface area contributed by atoms with E-state index >= 15 is 0 Å². The fraction of sp³-hybridized carbons (Fsp3) is 0.391. The summed E-state index contributed by atoms with van der Waals surface area (Å²) in [5.74, 6) is -1.82. The number of urea groups is 1. The molecule has 2 aromatic rings. The van der Waals surface area contributed by atoms with Gasteiger partial charge in [-0.15, -0.1) is 0 Å². The topological polar surface area (TPSA) is 64.1 Å². The number of piperazine rings is 1. The van der Waals surface area contributed by atoms with Gasteiger partial charge in [-0.3, -0.25) is 9.80 Å². The quantitative estimate of drug-likeness (QED) is 0.821. The van der Waals surface area contributed by atoms with Crippen LogP contribution in [0.4, 0.5) is 14.9 Å². The monoisotopic (exact) mass is 413 g/mol. The summed E-state index contributed by atoms with van der Waals surface area (Å²) in [5.41, 5.74) is 0.864. The van der Waals surface area contributed by atoms with Crippen molar-refractivity contribution in [1.82, 2.24) is 9.80 Å². The van der Waals surface area contributed by atoms with Gasteiger partial charge in [-0.1, -0.05) is 24.3 Å². The van der Waals surface area contributed by atoms with Crippen LogP contribution < -0.4 is 4.90 Å². The second-order valence-electron chi connectivity index (χ2n) is 8.46. The van der Waals surface area contributed by atoms with Gasteiger partial charge in [0, 0.05) is 43.0 Å². The summed E-state index contributed by atoms with van der Waals surface area (Å²) >= 11 is 0. The maximum atomic E-state index is 14.6. The number of amides is 2. The largest absolute Gasteiger partial charge is 0.478 e. The summed E-state index contributed by atoms with van der Waals surface area (Å²) < 4.78 is 14.6. The molecule has 0 saturated carbocycles. The number of carboxylic acid groups (broad SMARTS) is 1. The van der Waals surface area contributed by atoms with Gasteiger partial charge in [-0.2, -0.15) is 0 Å². The van der Waals surface area contributed by atoms with Crippen LogP contribution in [0.5, 0.6) is 0 Å². The highest BCUT2D eigenvalue weighted by atomic mass is 19.1. The molecule has 1 fully saturated rings. The number of halogens is 1. The minimum Gasteiger partial charge on any atom is -0.478 e. The van der Waals surface area contributed by atoms with Gasteiger partial charge in [-0.05, 0) is 45.0 Å². The number of anilines is 1. The lowest BCUT2D eigenvalue weighted by atomic mass is 10.1. The van der Waals surface area contributed by atoms with Gasteiger partial charge in [0.05, 0.1) is 12.1 Å². The number of para-hydroxylation sites is 1. The van der Waals surface area contributed by atoms with Crippen LogP contribution in [0.25, 0.3) is 0 Å². The van der Waals surface area contributed by atoms with Crippen LogP contribution in [0.15, 0.2) is 48.5 Å².